The van der Waals surface area contributed by atoms with Crippen LogP contribution in [0.4, 0.5) is 0 Å². The van der Waals surface area contributed by atoms with Crippen molar-refractivity contribution in [2.45, 2.75) is 0 Å². The van der Waals surface area contributed by atoms with Crippen LogP contribution in [0.15, 0.2) is 192 Å². The van der Waals surface area contributed by atoms with E-state index in [4.69, 9.17) is 4.42 Å². The zero-order valence-corrected chi connectivity index (χ0v) is 36.7. The van der Waals surface area contributed by atoms with E-state index in [1.54, 1.807) is 0 Å². The molecule has 0 aliphatic heterocycles. The van der Waals surface area contributed by atoms with Crippen molar-refractivity contribution in [2.75, 3.05) is 0 Å². The van der Waals surface area contributed by atoms with Gasteiger partial charge in [-0.2, -0.15) is 0 Å². The maximum atomic E-state index is 12.8. The number of hydrogen-bond acceptors (Lipinski definition) is 7. The molecule has 14 aromatic rings. The molecule has 6 aromatic heterocycles. The third kappa shape index (κ3) is 4.87. The summed E-state index contributed by atoms with van der Waals surface area (Å²) in [6, 6.07) is 63.1. The first kappa shape index (κ1) is 38.2. The van der Waals surface area contributed by atoms with Crippen molar-refractivity contribution >= 4 is 65.4 Å². The van der Waals surface area contributed by atoms with Gasteiger partial charge >= 0.3 is 6.01 Å². The van der Waals surface area contributed by atoms with E-state index in [0.717, 1.165) is 81.4 Å². The number of aromatic nitrogens is 7. The van der Waals surface area contributed by atoms with Gasteiger partial charge in [-0.05, 0) is 60.7 Å². The highest BCUT2D eigenvalue weighted by Gasteiger charge is 2.45. The number of fused-ring (bicyclic) bond motifs is 13. The fourth-order valence-electron chi connectivity index (χ4n) is 11.2. The molecular formula is C58H35N7O5. The lowest BCUT2D eigenvalue weighted by Crippen LogP contribution is -2.10. The molecule has 70 heavy (non-hydrogen) atoms. The van der Waals surface area contributed by atoms with E-state index in [1.807, 2.05) is 84.9 Å². The Bertz CT molecular complexity index is 4330. The predicted molar refractivity (Wildman–Crippen MR) is 272 cm³/mol. The molecule has 0 bridgehead atoms. The SMILES string of the molecule is Oc1c2c(c(O)n1-c1nnc(-c3ccccc3)o1)-c1c-2c(O)n(-c2cc(-n3c4ccccc4c4ccccc43)c(-n3c4ccccc4c4ccccc43)cc2-n2c3ccccc3c3ccccc32)c1O. The largest absolute Gasteiger partial charge is 0.494 e. The first-order valence-electron chi connectivity index (χ1n) is 22.8. The Morgan fingerprint density at radius 3 is 0.929 bits per heavy atom. The first-order valence-corrected chi connectivity index (χ1v) is 22.8. The smallest absolute Gasteiger partial charge is 0.332 e. The lowest BCUT2D eigenvalue weighted by atomic mass is 9.86. The number of aromatic hydroxyl groups is 4. The van der Waals surface area contributed by atoms with Crippen molar-refractivity contribution in [1.82, 2.24) is 33.0 Å². The van der Waals surface area contributed by atoms with E-state index in [9.17, 15) is 20.4 Å². The Labute approximate surface area is 395 Å². The van der Waals surface area contributed by atoms with Crippen LogP contribution in [0.3, 0.4) is 0 Å². The summed E-state index contributed by atoms with van der Waals surface area (Å²) in [7, 11) is 0. The number of nitrogens with zero attached hydrogens (tertiary/aromatic N) is 7. The summed E-state index contributed by atoms with van der Waals surface area (Å²) in [5, 5.41) is 64.1. The van der Waals surface area contributed by atoms with Crippen molar-refractivity contribution in [2.24, 2.45) is 0 Å². The minimum Gasteiger partial charge on any atom is -0.494 e. The number of para-hydroxylation sites is 6. The molecule has 6 heterocycles. The fourth-order valence-corrected chi connectivity index (χ4v) is 11.2. The third-order valence-corrected chi connectivity index (χ3v) is 14.1. The monoisotopic (exact) mass is 909 g/mol. The fraction of sp³-hybridized carbons (Fsp3) is 0. The van der Waals surface area contributed by atoms with Gasteiger partial charge in [-0.1, -0.05) is 132 Å². The number of hydrogen-bond donors (Lipinski definition) is 4. The highest BCUT2D eigenvalue weighted by Crippen LogP contribution is 2.66. The number of benzene rings is 8. The lowest BCUT2D eigenvalue weighted by Gasteiger charge is -2.23. The van der Waals surface area contributed by atoms with Crippen molar-refractivity contribution in [3.8, 4) is 86.0 Å². The average Bonchev–Trinajstić information content (AvgIpc) is 4.22. The second-order valence-corrected chi connectivity index (χ2v) is 17.7. The zero-order chi connectivity index (χ0) is 46.5. The van der Waals surface area contributed by atoms with Gasteiger partial charge in [0.15, 0.2) is 0 Å². The molecule has 0 fully saturated rings. The lowest BCUT2D eigenvalue weighted by molar-refractivity contribution is 0.381. The average molecular weight is 910 g/mol. The summed E-state index contributed by atoms with van der Waals surface area (Å²) in [5.41, 5.74) is 9.63. The minimum absolute atomic E-state index is 0.126. The highest BCUT2D eigenvalue weighted by atomic mass is 16.4. The highest BCUT2D eigenvalue weighted by molar-refractivity contribution is 6.15. The molecule has 12 heteroatoms. The summed E-state index contributed by atoms with van der Waals surface area (Å²) < 4.78 is 15.1. The van der Waals surface area contributed by atoms with Gasteiger partial charge in [-0.15, -0.1) is 5.10 Å². The molecular weight excluding hydrogens is 875 g/mol. The maximum Gasteiger partial charge on any atom is 0.332 e. The molecule has 0 atom stereocenters. The molecule has 332 valence electrons. The quantitative estimate of drug-likeness (QED) is 0.130. The Morgan fingerprint density at radius 2 is 0.586 bits per heavy atom. The third-order valence-electron chi connectivity index (χ3n) is 14.1. The summed E-state index contributed by atoms with van der Waals surface area (Å²) in [6.07, 6.45) is 0. The van der Waals surface area contributed by atoms with Crippen molar-refractivity contribution < 1.29 is 24.8 Å². The summed E-state index contributed by atoms with van der Waals surface area (Å²) in [4.78, 5) is 0. The molecule has 1 aliphatic rings. The zero-order valence-electron chi connectivity index (χ0n) is 36.7. The molecule has 0 amide bonds. The van der Waals surface area contributed by atoms with E-state index >= 15 is 0 Å². The molecule has 15 rings (SSSR count). The van der Waals surface area contributed by atoms with E-state index < -0.39 is 11.8 Å². The van der Waals surface area contributed by atoms with Crippen LogP contribution in [0.2, 0.25) is 0 Å². The topological polar surface area (TPSA) is 144 Å². The predicted octanol–water partition coefficient (Wildman–Crippen LogP) is 13.1. The second-order valence-electron chi connectivity index (χ2n) is 17.7. The normalized spacial score (nSPS) is 12.2. The van der Waals surface area contributed by atoms with E-state index in [2.05, 4.69) is 127 Å². The van der Waals surface area contributed by atoms with Gasteiger partial charge < -0.3 is 38.5 Å². The van der Waals surface area contributed by atoms with Gasteiger partial charge in [-0.3, -0.25) is 0 Å². The van der Waals surface area contributed by atoms with Gasteiger partial charge in [0.1, 0.15) is 0 Å². The Kier molecular flexibility index (Phi) is 7.54. The molecule has 8 aromatic carbocycles. The summed E-state index contributed by atoms with van der Waals surface area (Å²) >= 11 is 0. The van der Waals surface area contributed by atoms with Crippen LogP contribution in [0.25, 0.3) is 128 Å². The van der Waals surface area contributed by atoms with Crippen LogP contribution >= 0.6 is 0 Å². The van der Waals surface area contributed by atoms with Gasteiger partial charge in [-0.25, -0.2) is 9.13 Å². The Hall–Kier alpha value is -9.94. The van der Waals surface area contributed by atoms with Crippen LogP contribution in [-0.4, -0.2) is 53.5 Å². The Morgan fingerprint density at radius 1 is 0.300 bits per heavy atom. The Balaban J connectivity index is 1.07. The molecule has 0 spiro atoms. The van der Waals surface area contributed by atoms with Crippen LogP contribution in [0.1, 0.15) is 0 Å². The molecule has 0 saturated heterocycles. The first-order chi connectivity index (χ1) is 34.5. The van der Waals surface area contributed by atoms with Gasteiger partial charge in [0.05, 0.1) is 78.1 Å². The van der Waals surface area contributed by atoms with Crippen LogP contribution in [0.5, 0.6) is 23.5 Å². The van der Waals surface area contributed by atoms with Gasteiger partial charge in [0.25, 0.3) is 0 Å². The molecule has 1 aliphatic carbocycles. The standard InChI is InChI=1S/C58H35N7O5/c66-54-49-50(52-51(49)56(68)65(57(52)69)58-60-59-53(70-58)32-16-2-1-3-17-32)55(67)64(54)48-31-46(62-41-26-12-6-20-35(41)36-21-7-13-27-42(36)62)45(61-39-24-10-4-18-33(39)34-19-5-11-25-40(34)61)30-47(48)63-43-28-14-8-22-37(43)38-23-9-15-29-44(38)63/h1-31,66-69H. The van der Waals surface area contributed by atoms with E-state index in [-0.39, 0.29) is 45.9 Å². The minimum atomic E-state index is -0.439. The van der Waals surface area contributed by atoms with E-state index in [0.29, 0.717) is 16.9 Å². The molecule has 4 N–H and O–H groups in total. The molecule has 0 unspecified atom stereocenters. The van der Waals surface area contributed by atoms with Crippen LogP contribution < -0.4 is 0 Å². The number of rotatable bonds is 6. The van der Waals surface area contributed by atoms with E-state index in [1.165, 1.54) is 4.57 Å². The molecule has 0 saturated carbocycles. The van der Waals surface area contributed by atoms with Crippen LogP contribution in [0, 0.1) is 0 Å². The van der Waals surface area contributed by atoms with Gasteiger partial charge in [0, 0.05) is 37.9 Å². The second kappa shape index (κ2) is 13.8. The molecule has 12 nitrogen and oxygen atoms in total. The van der Waals surface area contributed by atoms with Crippen molar-refractivity contribution in [1.29, 1.82) is 0 Å². The summed E-state index contributed by atoms with van der Waals surface area (Å²) in [5.74, 6) is -1.38. The van der Waals surface area contributed by atoms with Crippen molar-refractivity contribution in [3.63, 3.8) is 0 Å². The van der Waals surface area contributed by atoms with Crippen LogP contribution in [-0.2, 0) is 0 Å². The van der Waals surface area contributed by atoms with Crippen molar-refractivity contribution in [3.05, 3.63) is 188 Å². The van der Waals surface area contributed by atoms with Gasteiger partial charge in [0.2, 0.25) is 29.4 Å². The summed E-state index contributed by atoms with van der Waals surface area (Å²) in [6.45, 7) is 0. The molecule has 0 radical (unpaired) electrons. The maximum absolute atomic E-state index is 12.8.